The Balaban J connectivity index is 2.37. The fourth-order valence-corrected chi connectivity index (χ4v) is 3.00. The second-order valence-corrected chi connectivity index (χ2v) is 6.07. The summed E-state index contributed by atoms with van der Waals surface area (Å²) in [5.74, 6) is 0.819. The highest BCUT2D eigenvalue weighted by molar-refractivity contribution is 5.97. The van der Waals surface area contributed by atoms with Crippen LogP contribution in [0.3, 0.4) is 0 Å². The van der Waals surface area contributed by atoms with Gasteiger partial charge in [0.05, 0.1) is 18.4 Å². The fourth-order valence-electron chi connectivity index (χ4n) is 3.00. The van der Waals surface area contributed by atoms with E-state index in [0.29, 0.717) is 23.2 Å². The molecule has 0 radical (unpaired) electrons. The molecule has 0 unspecified atom stereocenters. The van der Waals surface area contributed by atoms with Gasteiger partial charge in [-0.05, 0) is 24.8 Å². The Hall–Kier alpha value is -1.78. The van der Waals surface area contributed by atoms with Crippen LogP contribution in [0, 0.1) is 5.92 Å². The van der Waals surface area contributed by atoms with Gasteiger partial charge in [-0.2, -0.15) is 0 Å². The molecular weight excluding hydrogens is 266 g/mol. The van der Waals surface area contributed by atoms with Crippen molar-refractivity contribution in [1.82, 2.24) is 4.98 Å². The van der Waals surface area contributed by atoms with E-state index in [0.717, 1.165) is 25.2 Å². The Morgan fingerprint density at radius 2 is 2.14 bits per heavy atom. The van der Waals surface area contributed by atoms with Crippen LogP contribution in [-0.2, 0) is 4.74 Å². The van der Waals surface area contributed by atoms with Gasteiger partial charge in [0.15, 0.2) is 5.82 Å². The summed E-state index contributed by atoms with van der Waals surface area (Å²) in [5, 5.41) is 0. The monoisotopic (exact) mass is 291 g/mol. The summed E-state index contributed by atoms with van der Waals surface area (Å²) in [5.41, 5.74) is 7.02. The number of hydrogen-bond acceptors (Lipinski definition) is 5. The second-order valence-electron chi connectivity index (χ2n) is 6.07. The molecule has 0 atom stereocenters. The van der Waals surface area contributed by atoms with Crippen molar-refractivity contribution in [3.63, 3.8) is 0 Å². The molecule has 0 saturated heterocycles. The Bertz CT molecular complexity index is 496. The molecule has 0 spiro atoms. The van der Waals surface area contributed by atoms with Gasteiger partial charge >= 0.3 is 5.97 Å². The molecule has 0 aromatic carbocycles. The van der Waals surface area contributed by atoms with Crippen molar-refractivity contribution in [3.8, 4) is 0 Å². The molecule has 0 amide bonds. The first-order valence-corrected chi connectivity index (χ1v) is 7.64. The van der Waals surface area contributed by atoms with Gasteiger partial charge in [-0.15, -0.1) is 0 Å². The summed E-state index contributed by atoms with van der Waals surface area (Å²) in [7, 11) is 1.37. The Kier molecular flexibility index (Phi) is 5.04. The summed E-state index contributed by atoms with van der Waals surface area (Å²) >= 11 is 0. The van der Waals surface area contributed by atoms with Crippen LogP contribution in [0.5, 0.6) is 0 Å². The van der Waals surface area contributed by atoms with Gasteiger partial charge in [-0.1, -0.05) is 26.7 Å². The molecule has 1 aromatic heterocycles. The molecule has 1 aliphatic rings. The molecule has 21 heavy (non-hydrogen) atoms. The number of nitrogens with two attached hydrogens (primary N) is 1. The van der Waals surface area contributed by atoms with Gasteiger partial charge in [0.2, 0.25) is 0 Å². The van der Waals surface area contributed by atoms with Gasteiger partial charge in [-0.25, -0.2) is 9.78 Å². The predicted octanol–water partition coefficient (Wildman–Crippen LogP) is 2.86. The Labute approximate surface area is 126 Å². The highest BCUT2D eigenvalue weighted by Crippen LogP contribution is 2.32. The van der Waals surface area contributed by atoms with Crippen LogP contribution in [-0.4, -0.2) is 30.6 Å². The molecule has 2 N–H and O–H groups in total. The zero-order valence-corrected chi connectivity index (χ0v) is 13.1. The quantitative estimate of drug-likeness (QED) is 0.845. The molecular formula is C16H25N3O2. The van der Waals surface area contributed by atoms with Crippen LogP contribution in [0.4, 0.5) is 11.5 Å². The van der Waals surface area contributed by atoms with Crippen LogP contribution in [0.15, 0.2) is 12.3 Å². The van der Waals surface area contributed by atoms with Crippen molar-refractivity contribution in [3.05, 3.63) is 17.8 Å². The standard InChI is InChI=1S/C16H25N3O2/c1-11(2)10-19(12-6-4-5-7-12)15-14(17)13(8-9-18-15)16(20)21-3/h8-9,11-12H,4-7,10,17H2,1-3H3. The number of carbonyl (C=O) groups excluding carboxylic acids is 1. The van der Waals surface area contributed by atoms with Gasteiger partial charge < -0.3 is 15.4 Å². The summed E-state index contributed by atoms with van der Waals surface area (Å²) < 4.78 is 4.79. The maximum atomic E-state index is 11.8. The van der Waals surface area contributed by atoms with Crippen molar-refractivity contribution in [2.24, 2.45) is 5.92 Å². The van der Waals surface area contributed by atoms with E-state index >= 15 is 0 Å². The summed E-state index contributed by atoms with van der Waals surface area (Å²) in [6.45, 7) is 5.26. The van der Waals surface area contributed by atoms with E-state index in [1.54, 1.807) is 12.3 Å². The fraction of sp³-hybridized carbons (Fsp3) is 0.625. The third kappa shape index (κ3) is 3.46. The third-order valence-electron chi connectivity index (χ3n) is 3.97. The van der Waals surface area contributed by atoms with Crippen molar-refractivity contribution >= 4 is 17.5 Å². The van der Waals surface area contributed by atoms with E-state index in [4.69, 9.17) is 10.5 Å². The Morgan fingerprint density at radius 1 is 1.48 bits per heavy atom. The molecule has 1 aromatic rings. The number of aromatic nitrogens is 1. The van der Waals surface area contributed by atoms with E-state index in [1.807, 2.05) is 0 Å². The van der Waals surface area contributed by atoms with E-state index < -0.39 is 5.97 Å². The maximum absolute atomic E-state index is 11.8. The number of methoxy groups -OCH3 is 1. The maximum Gasteiger partial charge on any atom is 0.340 e. The highest BCUT2D eigenvalue weighted by Gasteiger charge is 2.27. The van der Waals surface area contributed by atoms with Crippen LogP contribution in [0.25, 0.3) is 0 Å². The molecule has 1 saturated carbocycles. The van der Waals surface area contributed by atoms with Gasteiger partial charge in [-0.3, -0.25) is 0 Å². The van der Waals surface area contributed by atoms with Crippen LogP contribution in [0.2, 0.25) is 0 Å². The molecule has 5 nitrogen and oxygen atoms in total. The number of ether oxygens (including phenoxy) is 1. The largest absolute Gasteiger partial charge is 0.465 e. The number of nitrogens with zero attached hydrogens (tertiary/aromatic N) is 2. The smallest absolute Gasteiger partial charge is 0.340 e. The zero-order valence-electron chi connectivity index (χ0n) is 13.1. The summed E-state index contributed by atoms with van der Waals surface area (Å²) in [6.07, 6.45) is 6.46. The normalized spacial score (nSPS) is 15.4. The van der Waals surface area contributed by atoms with E-state index in [9.17, 15) is 4.79 Å². The van der Waals surface area contributed by atoms with Crippen LogP contribution >= 0.6 is 0 Å². The third-order valence-corrected chi connectivity index (χ3v) is 3.97. The molecule has 1 aliphatic carbocycles. The molecule has 2 rings (SSSR count). The lowest BCUT2D eigenvalue weighted by molar-refractivity contribution is 0.0602. The first-order valence-electron chi connectivity index (χ1n) is 7.64. The number of rotatable bonds is 5. The number of pyridine rings is 1. The Morgan fingerprint density at radius 3 is 2.71 bits per heavy atom. The molecule has 0 bridgehead atoms. The molecule has 116 valence electrons. The first-order chi connectivity index (χ1) is 10.0. The molecule has 5 heteroatoms. The summed E-state index contributed by atoms with van der Waals surface area (Å²) in [6, 6.07) is 2.09. The molecule has 1 fully saturated rings. The number of carbonyl (C=O) groups is 1. The van der Waals surface area contributed by atoms with Crippen molar-refractivity contribution in [2.45, 2.75) is 45.6 Å². The average molecular weight is 291 g/mol. The predicted molar refractivity (Wildman–Crippen MR) is 84.4 cm³/mol. The van der Waals surface area contributed by atoms with Crippen molar-refractivity contribution in [1.29, 1.82) is 0 Å². The van der Waals surface area contributed by atoms with Gasteiger partial charge in [0.1, 0.15) is 0 Å². The lowest BCUT2D eigenvalue weighted by Gasteiger charge is -2.32. The summed E-state index contributed by atoms with van der Waals surface area (Å²) in [4.78, 5) is 18.5. The minimum atomic E-state index is -0.410. The highest BCUT2D eigenvalue weighted by atomic mass is 16.5. The topological polar surface area (TPSA) is 68.5 Å². The SMILES string of the molecule is COC(=O)c1ccnc(N(CC(C)C)C2CCCC2)c1N. The van der Waals surface area contributed by atoms with Gasteiger partial charge in [0, 0.05) is 18.8 Å². The second kappa shape index (κ2) is 6.78. The van der Waals surface area contributed by atoms with E-state index in [-0.39, 0.29) is 0 Å². The van der Waals surface area contributed by atoms with Crippen LogP contribution < -0.4 is 10.6 Å². The molecule has 1 heterocycles. The van der Waals surface area contributed by atoms with Gasteiger partial charge in [0.25, 0.3) is 0 Å². The first kappa shape index (κ1) is 15.6. The zero-order chi connectivity index (χ0) is 15.4. The minimum Gasteiger partial charge on any atom is -0.465 e. The van der Waals surface area contributed by atoms with Crippen molar-refractivity contribution < 1.29 is 9.53 Å². The molecule has 0 aliphatic heterocycles. The number of hydrogen-bond donors (Lipinski definition) is 1. The lowest BCUT2D eigenvalue weighted by Crippen LogP contribution is -2.37. The lowest BCUT2D eigenvalue weighted by atomic mass is 10.1. The number of nitrogen functional groups attached to an aromatic ring is 1. The number of esters is 1. The van der Waals surface area contributed by atoms with E-state index in [2.05, 4.69) is 23.7 Å². The average Bonchev–Trinajstić information content (AvgIpc) is 2.98. The van der Waals surface area contributed by atoms with Crippen LogP contribution in [0.1, 0.15) is 49.9 Å². The number of anilines is 2. The van der Waals surface area contributed by atoms with Crippen molar-refractivity contribution in [2.75, 3.05) is 24.3 Å². The minimum absolute atomic E-state index is 0.397. The van der Waals surface area contributed by atoms with E-state index in [1.165, 1.54) is 20.0 Å².